The lowest BCUT2D eigenvalue weighted by Gasteiger charge is -2.08. The van der Waals surface area contributed by atoms with E-state index in [-0.39, 0.29) is 55.5 Å². The van der Waals surface area contributed by atoms with Gasteiger partial charge in [-0.2, -0.15) is 0 Å². The maximum Gasteiger partial charge on any atom is 0.310 e. The molecular weight excluding hydrogens is 481 g/mol. The number of halogens is 2. The van der Waals surface area contributed by atoms with Crippen LogP contribution in [0, 0.1) is 10.8 Å². The van der Waals surface area contributed by atoms with Crippen LogP contribution >= 0.6 is 24.8 Å². The molecule has 0 spiro atoms. The van der Waals surface area contributed by atoms with Crippen LogP contribution in [0.1, 0.15) is 16.7 Å². The van der Waals surface area contributed by atoms with Gasteiger partial charge in [-0.1, -0.05) is 36.4 Å². The van der Waals surface area contributed by atoms with Crippen molar-refractivity contribution in [3.05, 3.63) is 59.2 Å². The van der Waals surface area contributed by atoms with E-state index in [4.69, 9.17) is 36.5 Å². The second-order valence-corrected chi connectivity index (χ2v) is 7.15. The molecule has 11 heteroatoms. The summed E-state index contributed by atoms with van der Waals surface area (Å²) in [6.45, 7) is 1.37. The Labute approximate surface area is 210 Å². The molecule has 2 aromatic carbocycles. The van der Waals surface area contributed by atoms with Crippen LogP contribution in [0.5, 0.6) is 0 Å². The van der Waals surface area contributed by atoms with Crippen LogP contribution in [-0.2, 0) is 25.4 Å². The number of hydrogen-bond acceptors (Lipinski definition) is 6. The molecular formula is C23H29Cl2N5O4. The van der Waals surface area contributed by atoms with Gasteiger partial charge in [-0.05, 0) is 17.2 Å². The number of methoxy groups -OCH3 is 1. The average Bonchev–Trinajstić information content (AvgIpc) is 3.13. The lowest BCUT2D eigenvalue weighted by atomic mass is 10.0. The molecule has 3 aromatic rings. The van der Waals surface area contributed by atoms with Gasteiger partial charge in [0, 0.05) is 29.1 Å². The first kappa shape index (κ1) is 28.9. The summed E-state index contributed by atoms with van der Waals surface area (Å²) in [7, 11) is 1.59. The van der Waals surface area contributed by atoms with Crippen molar-refractivity contribution in [1.82, 2.24) is 4.98 Å². The molecule has 34 heavy (non-hydrogen) atoms. The number of carbonyl (C=O) groups is 1. The zero-order valence-electron chi connectivity index (χ0n) is 18.7. The smallest absolute Gasteiger partial charge is 0.310 e. The van der Waals surface area contributed by atoms with Gasteiger partial charge in [0.15, 0.2) is 0 Å². The molecule has 0 saturated carbocycles. The number of hydrogen-bond donors (Lipinski definition) is 5. The molecule has 7 N–H and O–H groups in total. The van der Waals surface area contributed by atoms with Gasteiger partial charge in [-0.15, -0.1) is 24.8 Å². The van der Waals surface area contributed by atoms with Crippen LogP contribution < -0.4 is 11.5 Å². The number of fused-ring (bicyclic) bond motifs is 1. The van der Waals surface area contributed by atoms with Gasteiger partial charge in [-0.3, -0.25) is 15.6 Å². The fourth-order valence-electron chi connectivity index (χ4n) is 3.32. The van der Waals surface area contributed by atoms with Crippen molar-refractivity contribution in [3.63, 3.8) is 0 Å². The minimum atomic E-state index is -0.376. The Kier molecular flexibility index (Phi) is 11.5. The monoisotopic (exact) mass is 509 g/mol. The van der Waals surface area contributed by atoms with Crippen LogP contribution in [0.25, 0.3) is 22.2 Å². The molecule has 184 valence electrons. The molecule has 1 heterocycles. The van der Waals surface area contributed by atoms with Crippen LogP contribution in [-0.4, -0.2) is 56.2 Å². The molecule has 0 atom stereocenters. The van der Waals surface area contributed by atoms with Crippen LogP contribution in [0.3, 0.4) is 0 Å². The quantitative estimate of drug-likeness (QED) is 0.115. The van der Waals surface area contributed by atoms with Gasteiger partial charge in [-0.25, -0.2) is 0 Å². The topological polar surface area (TPSA) is 160 Å². The first-order valence-corrected chi connectivity index (χ1v) is 10.1. The van der Waals surface area contributed by atoms with E-state index < -0.39 is 0 Å². The first-order chi connectivity index (χ1) is 15.4. The lowest BCUT2D eigenvalue weighted by molar-refractivity contribution is -0.144. The van der Waals surface area contributed by atoms with Gasteiger partial charge in [0.2, 0.25) is 0 Å². The summed E-state index contributed by atoms with van der Waals surface area (Å²) in [5, 5.41) is 16.1. The number of esters is 1. The number of benzene rings is 2. The van der Waals surface area contributed by atoms with Crippen LogP contribution in [0.15, 0.2) is 42.5 Å². The summed E-state index contributed by atoms with van der Waals surface area (Å²) in [6, 6.07) is 12.6. The highest BCUT2D eigenvalue weighted by Crippen LogP contribution is 2.32. The second-order valence-electron chi connectivity index (χ2n) is 7.15. The number of rotatable bonds is 11. The lowest BCUT2D eigenvalue weighted by Crippen LogP contribution is -2.14. The number of carbonyl (C=O) groups excluding carboxylic acids is 1. The van der Waals surface area contributed by atoms with Crippen molar-refractivity contribution in [2.24, 2.45) is 11.5 Å². The zero-order valence-corrected chi connectivity index (χ0v) is 20.3. The summed E-state index contributed by atoms with van der Waals surface area (Å²) in [6.07, 6.45) is 0.0568. The molecule has 3 rings (SSSR count). The molecule has 0 fully saturated rings. The van der Waals surface area contributed by atoms with Crippen molar-refractivity contribution < 1.29 is 19.0 Å². The number of nitrogens with two attached hydrogens (primary N) is 2. The Morgan fingerprint density at radius 2 is 1.53 bits per heavy atom. The van der Waals surface area contributed by atoms with Crippen molar-refractivity contribution >= 4 is 53.4 Å². The Balaban J connectivity index is 0.00000289. The fourth-order valence-corrected chi connectivity index (χ4v) is 3.32. The molecule has 0 saturated heterocycles. The number of aromatic amines is 1. The van der Waals surface area contributed by atoms with Gasteiger partial charge in [0.05, 0.1) is 31.9 Å². The molecule has 9 nitrogen and oxygen atoms in total. The SMILES string of the molecule is COCCOCCOC(=O)Cc1c(-c2ccc(C(=N)N)cc2)[nH]c2cc(C(=N)N)ccc12.Cl.Cl. The Morgan fingerprint density at radius 3 is 2.15 bits per heavy atom. The van der Waals surface area contributed by atoms with Crippen LogP contribution in [0.4, 0.5) is 0 Å². The summed E-state index contributed by atoms with van der Waals surface area (Å²) in [4.78, 5) is 15.9. The van der Waals surface area contributed by atoms with E-state index in [1.54, 1.807) is 31.4 Å². The van der Waals surface area contributed by atoms with E-state index >= 15 is 0 Å². The maximum absolute atomic E-state index is 12.5. The Morgan fingerprint density at radius 1 is 0.912 bits per heavy atom. The van der Waals surface area contributed by atoms with Crippen molar-refractivity contribution in [2.75, 3.05) is 33.5 Å². The minimum Gasteiger partial charge on any atom is -0.463 e. The highest BCUT2D eigenvalue weighted by Gasteiger charge is 2.18. The highest BCUT2D eigenvalue weighted by atomic mass is 35.5. The molecule has 0 bridgehead atoms. The number of H-pyrrole nitrogens is 1. The number of ether oxygens (including phenoxy) is 3. The summed E-state index contributed by atoms with van der Waals surface area (Å²) >= 11 is 0. The summed E-state index contributed by atoms with van der Waals surface area (Å²) in [5.41, 5.74) is 15.5. The van der Waals surface area contributed by atoms with Gasteiger partial charge in [0.1, 0.15) is 18.3 Å². The predicted octanol–water partition coefficient (Wildman–Crippen LogP) is 3.00. The van der Waals surface area contributed by atoms with Crippen molar-refractivity contribution in [2.45, 2.75) is 6.42 Å². The molecule has 0 unspecified atom stereocenters. The van der Waals surface area contributed by atoms with Crippen LogP contribution in [0.2, 0.25) is 0 Å². The maximum atomic E-state index is 12.5. The Hall–Kier alpha value is -3.11. The third-order valence-corrected chi connectivity index (χ3v) is 4.95. The molecule has 0 aliphatic heterocycles. The molecule has 0 radical (unpaired) electrons. The van der Waals surface area contributed by atoms with Gasteiger partial charge >= 0.3 is 5.97 Å². The summed E-state index contributed by atoms with van der Waals surface area (Å²) in [5.74, 6) is -0.433. The predicted molar refractivity (Wildman–Crippen MR) is 138 cm³/mol. The van der Waals surface area contributed by atoms with E-state index in [1.807, 2.05) is 18.2 Å². The largest absolute Gasteiger partial charge is 0.463 e. The van der Waals surface area contributed by atoms with E-state index in [0.717, 1.165) is 27.7 Å². The van der Waals surface area contributed by atoms with Gasteiger partial charge < -0.3 is 30.7 Å². The summed E-state index contributed by atoms with van der Waals surface area (Å²) < 4.78 is 15.6. The second kappa shape index (κ2) is 13.6. The minimum absolute atomic E-state index is 0. The molecule has 0 amide bonds. The third kappa shape index (κ3) is 7.19. The zero-order chi connectivity index (χ0) is 23.1. The third-order valence-electron chi connectivity index (χ3n) is 4.95. The number of amidine groups is 2. The normalized spacial score (nSPS) is 10.3. The highest BCUT2D eigenvalue weighted by molar-refractivity contribution is 6.01. The van der Waals surface area contributed by atoms with E-state index in [0.29, 0.717) is 30.9 Å². The van der Waals surface area contributed by atoms with E-state index in [2.05, 4.69) is 4.98 Å². The number of nitrogen functional groups attached to an aromatic ring is 2. The van der Waals surface area contributed by atoms with E-state index in [9.17, 15) is 4.79 Å². The molecule has 0 aliphatic rings. The average molecular weight is 510 g/mol. The fraction of sp³-hybridized carbons (Fsp3) is 0.261. The molecule has 0 aliphatic carbocycles. The Bertz CT molecular complexity index is 1130. The first-order valence-electron chi connectivity index (χ1n) is 10.1. The molecule has 1 aromatic heterocycles. The van der Waals surface area contributed by atoms with E-state index in [1.165, 1.54) is 0 Å². The number of nitrogens with one attached hydrogen (secondary N) is 3. The standard InChI is InChI=1S/C23H27N5O4.2ClH/c1-30-8-9-31-10-11-32-20(29)13-18-17-7-6-16(23(26)27)12-19(17)28-21(18)14-2-4-15(5-3-14)22(24)25;;/h2-7,12,28H,8-11,13H2,1H3,(H3,24,25)(H3,26,27);2*1H. The number of aromatic nitrogens is 1. The van der Waals surface area contributed by atoms with Gasteiger partial charge in [0.25, 0.3) is 0 Å². The van der Waals surface area contributed by atoms with Crippen molar-refractivity contribution in [1.29, 1.82) is 10.8 Å². The van der Waals surface area contributed by atoms with Crippen molar-refractivity contribution in [3.8, 4) is 11.3 Å².